The zero-order valence-corrected chi connectivity index (χ0v) is 10.4. The summed E-state index contributed by atoms with van der Waals surface area (Å²) >= 11 is 0. The second kappa shape index (κ2) is 5.32. The molecule has 1 unspecified atom stereocenters. The van der Waals surface area contributed by atoms with E-state index in [0.29, 0.717) is 6.54 Å². The number of carbonyl (C=O) groups is 1. The molecular weight excluding hydrogens is 212 g/mol. The quantitative estimate of drug-likeness (QED) is 0.865. The molecule has 1 amide bonds. The monoisotopic (exact) mass is 232 g/mol. The first kappa shape index (κ1) is 12.1. The highest BCUT2D eigenvalue weighted by Gasteiger charge is 2.24. The van der Waals surface area contributed by atoms with Crippen LogP contribution in [0.2, 0.25) is 0 Å². The molecule has 3 heteroatoms. The Labute approximate surface area is 103 Å². The predicted octanol–water partition coefficient (Wildman–Crippen LogP) is 1.90. The largest absolute Gasteiger partial charge is 0.338 e. The van der Waals surface area contributed by atoms with Gasteiger partial charge in [-0.15, -0.1) is 0 Å². The van der Waals surface area contributed by atoms with Gasteiger partial charge in [0.15, 0.2) is 0 Å². The van der Waals surface area contributed by atoms with Crippen LogP contribution >= 0.6 is 0 Å². The van der Waals surface area contributed by atoms with Crippen LogP contribution in [0.5, 0.6) is 0 Å². The van der Waals surface area contributed by atoms with Crippen molar-refractivity contribution in [3.63, 3.8) is 0 Å². The molecule has 0 saturated carbocycles. The Morgan fingerprint density at radius 3 is 2.94 bits per heavy atom. The highest BCUT2D eigenvalue weighted by Crippen LogP contribution is 2.19. The van der Waals surface area contributed by atoms with Gasteiger partial charge in [-0.3, -0.25) is 4.79 Å². The molecular formula is C14H20N2O. The van der Waals surface area contributed by atoms with Gasteiger partial charge in [-0.25, -0.2) is 0 Å². The van der Waals surface area contributed by atoms with Crippen molar-refractivity contribution in [2.24, 2.45) is 11.7 Å². The number of benzene rings is 1. The summed E-state index contributed by atoms with van der Waals surface area (Å²) in [5, 5.41) is 0. The molecule has 1 fully saturated rings. The van der Waals surface area contributed by atoms with Crippen molar-refractivity contribution in [2.45, 2.75) is 32.9 Å². The van der Waals surface area contributed by atoms with E-state index >= 15 is 0 Å². The molecule has 1 aromatic carbocycles. The van der Waals surface area contributed by atoms with Crippen LogP contribution in [0.3, 0.4) is 0 Å². The first-order chi connectivity index (χ1) is 8.20. The maximum Gasteiger partial charge on any atom is 0.225 e. The highest BCUT2D eigenvalue weighted by molar-refractivity contribution is 5.79. The van der Waals surface area contributed by atoms with Crippen LogP contribution in [0, 0.1) is 5.92 Å². The van der Waals surface area contributed by atoms with Crippen LogP contribution < -0.4 is 5.73 Å². The Hall–Kier alpha value is -1.35. The van der Waals surface area contributed by atoms with Gasteiger partial charge >= 0.3 is 0 Å². The molecule has 0 aromatic heterocycles. The fourth-order valence-electron chi connectivity index (χ4n) is 2.37. The molecule has 17 heavy (non-hydrogen) atoms. The van der Waals surface area contributed by atoms with Crippen molar-refractivity contribution in [2.75, 3.05) is 6.54 Å². The topological polar surface area (TPSA) is 46.3 Å². The second-order valence-corrected chi connectivity index (χ2v) is 4.83. The molecule has 3 nitrogen and oxygen atoms in total. The maximum absolute atomic E-state index is 12.0. The normalized spacial score (nSPS) is 20.7. The average Bonchev–Trinajstić information content (AvgIpc) is 2.35. The fraction of sp³-hybridized carbons (Fsp3) is 0.500. The lowest BCUT2D eigenvalue weighted by Crippen LogP contribution is -2.39. The lowest BCUT2D eigenvalue weighted by molar-refractivity contribution is -0.138. The number of rotatable bonds is 3. The van der Waals surface area contributed by atoms with Crippen molar-refractivity contribution in [1.29, 1.82) is 0 Å². The molecule has 2 N–H and O–H groups in total. The second-order valence-electron chi connectivity index (χ2n) is 4.83. The Bertz CT molecular complexity index is 403. The zero-order valence-electron chi connectivity index (χ0n) is 10.4. The lowest BCUT2D eigenvalue weighted by Gasteiger charge is -2.30. The van der Waals surface area contributed by atoms with Crippen molar-refractivity contribution in [3.8, 4) is 0 Å². The number of likely N-dealkylation sites (tertiary alicyclic amines) is 1. The summed E-state index contributed by atoms with van der Waals surface area (Å²) in [6, 6.07) is 8.18. The number of carbonyl (C=O) groups excluding carboxylic acids is 1. The minimum Gasteiger partial charge on any atom is -0.338 e. The SMILES string of the molecule is CC1CCCN(Cc2cccc(CN)c2)C1=O. The van der Waals surface area contributed by atoms with E-state index in [0.717, 1.165) is 31.5 Å². The summed E-state index contributed by atoms with van der Waals surface area (Å²) in [5.74, 6) is 0.468. The first-order valence-corrected chi connectivity index (χ1v) is 6.27. The van der Waals surface area contributed by atoms with Crippen molar-refractivity contribution < 1.29 is 4.79 Å². The van der Waals surface area contributed by atoms with Gasteiger partial charge in [0.2, 0.25) is 5.91 Å². The number of amides is 1. The Morgan fingerprint density at radius 2 is 2.18 bits per heavy atom. The van der Waals surface area contributed by atoms with Gasteiger partial charge in [0.1, 0.15) is 0 Å². The van der Waals surface area contributed by atoms with E-state index < -0.39 is 0 Å². The van der Waals surface area contributed by atoms with Crippen molar-refractivity contribution in [3.05, 3.63) is 35.4 Å². The van der Waals surface area contributed by atoms with Crippen LogP contribution in [-0.2, 0) is 17.9 Å². The van der Waals surface area contributed by atoms with Crippen LogP contribution in [0.1, 0.15) is 30.9 Å². The van der Waals surface area contributed by atoms with E-state index in [1.807, 2.05) is 24.0 Å². The van der Waals surface area contributed by atoms with Gasteiger partial charge in [-0.05, 0) is 24.0 Å². The lowest BCUT2D eigenvalue weighted by atomic mass is 9.98. The van der Waals surface area contributed by atoms with Gasteiger partial charge < -0.3 is 10.6 Å². The molecule has 0 bridgehead atoms. The number of hydrogen-bond acceptors (Lipinski definition) is 2. The standard InChI is InChI=1S/C14H20N2O/c1-11-4-3-7-16(14(11)17)10-13-6-2-5-12(8-13)9-15/h2,5-6,8,11H,3-4,7,9-10,15H2,1H3. The third-order valence-electron chi connectivity index (χ3n) is 3.40. The van der Waals surface area contributed by atoms with Gasteiger partial charge in [0.25, 0.3) is 0 Å². The number of piperidine rings is 1. The predicted molar refractivity (Wildman–Crippen MR) is 68.1 cm³/mol. The molecule has 1 saturated heterocycles. The summed E-state index contributed by atoms with van der Waals surface area (Å²) in [4.78, 5) is 13.9. The van der Waals surface area contributed by atoms with Crippen LogP contribution in [0.15, 0.2) is 24.3 Å². The average molecular weight is 232 g/mol. The molecule has 0 radical (unpaired) electrons. The molecule has 1 aliphatic rings. The Balaban J connectivity index is 2.06. The van der Waals surface area contributed by atoms with Crippen molar-refractivity contribution in [1.82, 2.24) is 4.90 Å². The number of nitrogens with two attached hydrogens (primary N) is 1. The molecule has 1 heterocycles. The molecule has 0 aliphatic carbocycles. The summed E-state index contributed by atoms with van der Waals surface area (Å²) < 4.78 is 0. The number of nitrogens with zero attached hydrogens (tertiary/aromatic N) is 1. The van der Waals surface area contributed by atoms with E-state index in [4.69, 9.17) is 5.73 Å². The van der Waals surface area contributed by atoms with Crippen molar-refractivity contribution >= 4 is 5.91 Å². The molecule has 1 aromatic rings. The molecule has 1 aliphatic heterocycles. The van der Waals surface area contributed by atoms with Gasteiger partial charge in [-0.2, -0.15) is 0 Å². The molecule has 92 valence electrons. The van der Waals surface area contributed by atoms with E-state index in [1.165, 1.54) is 5.56 Å². The molecule has 1 atom stereocenters. The third-order valence-corrected chi connectivity index (χ3v) is 3.40. The Kier molecular flexibility index (Phi) is 3.79. The van der Waals surface area contributed by atoms with E-state index in [1.54, 1.807) is 0 Å². The van der Waals surface area contributed by atoms with Gasteiger partial charge in [-0.1, -0.05) is 31.2 Å². The van der Waals surface area contributed by atoms with Crippen LogP contribution in [0.25, 0.3) is 0 Å². The first-order valence-electron chi connectivity index (χ1n) is 6.27. The van der Waals surface area contributed by atoms with E-state index in [9.17, 15) is 4.79 Å². The minimum atomic E-state index is 0.182. The fourth-order valence-corrected chi connectivity index (χ4v) is 2.37. The van der Waals surface area contributed by atoms with Crippen LogP contribution in [-0.4, -0.2) is 17.4 Å². The highest BCUT2D eigenvalue weighted by atomic mass is 16.2. The smallest absolute Gasteiger partial charge is 0.225 e. The molecule has 0 spiro atoms. The maximum atomic E-state index is 12.0. The zero-order chi connectivity index (χ0) is 12.3. The molecule has 2 rings (SSSR count). The summed E-state index contributed by atoms with van der Waals surface area (Å²) in [6.45, 7) is 4.18. The summed E-state index contributed by atoms with van der Waals surface area (Å²) in [7, 11) is 0. The number of hydrogen-bond donors (Lipinski definition) is 1. The van der Waals surface area contributed by atoms with E-state index in [-0.39, 0.29) is 11.8 Å². The Morgan fingerprint density at radius 1 is 1.41 bits per heavy atom. The van der Waals surface area contributed by atoms with Gasteiger partial charge in [0.05, 0.1) is 0 Å². The van der Waals surface area contributed by atoms with Gasteiger partial charge in [0, 0.05) is 25.6 Å². The summed E-state index contributed by atoms with van der Waals surface area (Å²) in [6.07, 6.45) is 2.14. The third kappa shape index (κ3) is 2.86. The summed E-state index contributed by atoms with van der Waals surface area (Å²) in [5.41, 5.74) is 7.92. The van der Waals surface area contributed by atoms with Crippen LogP contribution in [0.4, 0.5) is 0 Å². The van der Waals surface area contributed by atoms with E-state index in [2.05, 4.69) is 12.1 Å². The minimum absolute atomic E-state index is 0.182.